The molecule has 17 heavy (non-hydrogen) atoms. The van der Waals surface area contributed by atoms with E-state index < -0.39 is 0 Å². The second kappa shape index (κ2) is 5.28. The van der Waals surface area contributed by atoms with Gasteiger partial charge in [0, 0.05) is 30.3 Å². The minimum Gasteiger partial charge on any atom is -0.399 e. The van der Waals surface area contributed by atoms with Crippen LogP contribution in [0.3, 0.4) is 0 Å². The predicted octanol–water partition coefficient (Wildman–Crippen LogP) is 3.40. The van der Waals surface area contributed by atoms with Crippen molar-refractivity contribution in [1.82, 2.24) is 4.90 Å². The topological polar surface area (TPSA) is 29.3 Å². The van der Waals surface area contributed by atoms with Gasteiger partial charge < -0.3 is 5.73 Å². The van der Waals surface area contributed by atoms with Gasteiger partial charge in [-0.1, -0.05) is 31.5 Å². The molecule has 1 heterocycles. The minimum atomic E-state index is 0.735. The Morgan fingerprint density at radius 2 is 1.94 bits per heavy atom. The monoisotopic (exact) mass is 252 g/mol. The number of anilines is 1. The quantitative estimate of drug-likeness (QED) is 0.818. The molecule has 0 aliphatic carbocycles. The van der Waals surface area contributed by atoms with Gasteiger partial charge in [-0.25, -0.2) is 0 Å². The first-order valence-electron chi connectivity index (χ1n) is 6.31. The molecule has 94 valence electrons. The zero-order valence-electron chi connectivity index (χ0n) is 10.6. The molecule has 2 rings (SSSR count). The van der Waals surface area contributed by atoms with E-state index in [1.54, 1.807) is 0 Å². The van der Waals surface area contributed by atoms with Crippen LogP contribution >= 0.6 is 11.6 Å². The van der Waals surface area contributed by atoms with Gasteiger partial charge in [0.15, 0.2) is 0 Å². The molecule has 0 saturated carbocycles. The maximum Gasteiger partial charge on any atom is 0.0471 e. The molecule has 2 unspecified atom stereocenters. The number of hydrogen-bond donors (Lipinski definition) is 1. The molecule has 2 nitrogen and oxygen atoms in total. The van der Waals surface area contributed by atoms with Crippen molar-refractivity contribution in [1.29, 1.82) is 0 Å². The summed E-state index contributed by atoms with van der Waals surface area (Å²) in [6, 6.07) is 5.81. The van der Waals surface area contributed by atoms with Crippen molar-refractivity contribution < 1.29 is 0 Å². The van der Waals surface area contributed by atoms with Gasteiger partial charge in [-0.2, -0.15) is 0 Å². The molecule has 0 aromatic heterocycles. The molecular weight excluding hydrogens is 232 g/mol. The van der Waals surface area contributed by atoms with E-state index in [4.69, 9.17) is 17.3 Å². The molecule has 1 fully saturated rings. The van der Waals surface area contributed by atoms with Gasteiger partial charge in [0.1, 0.15) is 0 Å². The van der Waals surface area contributed by atoms with Crippen molar-refractivity contribution in [3.05, 3.63) is 28.8 Å². The van der Waals surface area contributed by atoms with E-state index in [9.17, 15) is 0 Å². The van der Waals surface area contributed by atoms with Crippen LogP contribution in [0.15, 0.2) is 18.2 Å². The third-order valence-electron chi connectivity index (χ3n) is 3.42. The number of nitrogens with two attached hydrogens (primary N) is 1. The van der Waals surface area contributed by atoms with Crippen LogP contribution < -0.4 is 5.73 Å². The lowest BCUT2D eigenvalue weighted by Gasteiger charge is -2.35. The molecule has 3 heteroatoms. The lowest BCUT2D eigenvalue weighted by molar-refractivity contribution is 0.134. The average Bonchev–Trinajstić information content (AvgIpc) is 2.21. The van der Waals surface area contributed by atoms with Crippen molar-refractivity contribution in [3.63, 3.8) is 0 Å². The van der Waals surface area contributed by atoms with E-state index in [0.717, 1.165) is 29.1 Å². The fourth-order valence-electron chi connectivity index (χ4n) is 2.85. The average molecular weight is 253 g/mol. The van der Waals surface area contributed by atoms with Crippen LogP contribution in [0.25, 0.3) is 0 Å². The number of rotatable bonds is 2. The second-order valence-corrected chi connectivity index (χ2v) is 5.90. The highest BCUT2D eigenvalue weighted by Gasteiger charge is 2.22. The predicted molar refractivity (Wildman–Crippen MR) is 74.1 cm³/mol. The van der Waals surface area contributed by atoms with Gasteiger partial charge in [0.25, 0.3) is 0 Å². The van der Waals surface area contributed by atoms with Crippen LogP contribution in [-0.2, 0) is 6.54 Å². The SMILES string of the molecule is CC1CC(C)CN(Cc2ccc(N)cc2Cl)C1. The van der Waals surface area contributed by atoms with E-state index in [1.165, 1.54) is 25.1 Å². The fraction of sp³-hybridized carbons (Fsp3) is 0.571. The van der Waals surface area contributed by atoms with Crippen molar-refractivity contribution in [2.75, 3.05) is 18.8 Å². The Bertz CT molecular complexity index is 382. The Balaban J connectivity index is 2.04. The van der Waals surface area contributed by atoms with Crippen LogP contribution in [0.1, 0.15) is 25.8 Å². The second-order valence-electron chi connectivity index (χ2n) is 5.49. The first-order chi connectivity index (χ1) is 8.04. The van der Waals surface area contributed by atoms with Crippen LogP contribution in [-0.4, -0.2) is 18.0 Å². The number of nitrogens with zero attached hydrogens (tertiary/aromatic N) is 1. The van der Waals surface area contributed by atoms with Gasteiger partial charge in [-0.05, 0) is 36.0 Å². The van der Waals surface area contributed by atoms with Crippen LogP contribution in [0.5, 0.6) is 0 Å². The Labute approximate surface area is 109 Å². The summed E-state index contributed by atoms with van der Waals surface area (Å²) >= 11 is 6.21. The summed E-state index contributed by atoms with van der Waals surface area (Å²) in [6.45, 7) is 7.93. The normalized spacial score (nSPS) is 26.1. The van der Waals surface area contributed by atoms with E-state index in [2.05, 4.69) is 18.7 Å². The Kier molecular flexibility index (Phi) is 3.95. The zero-order chi connectivity index (χ0) is 12.4. The molecule has 2 N–H and O–H groups in total. The highest BCUT2D eigenvalue weighted by molar-refractivity contribution is 6.31. The number of piperidine rings is 1. The lowest BCUT2D eigenvalue weighted by atomic mass is 9.91. The maximum atomic E-state index is 6.21. The molecule has 0 spiro atoms. The molecule has 0 amide bonds. The number of hydrogen-bond acceptors (Lipinski definition) is 2. The van der Waals surface area contributed by atoms with Gasteiger partial charge in [-0.15, -0.1) is 0 Å². The van der Waals surface area contributed by atoms with Crippen LogP contribution in [0, 0.1) is 11.8 Å². The van der Waals surface area contributed by atoms with Gasteiger partial charge in [0.2, 0.25) is 0 Å². The van der Waals surface area contributed by atoms with Gasteiger partial charge in [0.05, 0.1) is 0 Å². The maximum absolute atomic E-state index is 6.21. The summed E-state index contributed by atoms with van der Waals surface area (Å²) in [5.41, 5.74) is 7.62. The van der Waals surface area contributed by atoms with Crippen molar-refractivity contribution >= 4 is 17.3 Å². The van der Waals surface area contributed by atoms with Crippen LogP contribution in [0.4, 0.5) is 5.69 Å². The van der Waals surface area contributed by atoms with Gasteiger partial charge >= 0.3 is 0 Å². The highest BCUT2D eigenvalue weighted by Crippen LogP contribution is 2.25. The Morgan fingerprint density at radius 3 is 2.53 bits per heavy atom. The van der Waals surface area contributed by atoms with E-state index in [-0.39, 0.29) is 0 Å². The molecule has 1 saturated heterocycles. The third-order valence-corrected chi connectivity index (χ3v) is 3.77. The van der Waals surface area contributed by atoms with Gasteiger partial charge in [-0.3, -0.25) is 4.90 Å². The number of nitrogen functional groups attached to an aromatic ring is 1. The van der Waals surface area contributed by atoms with Crippen molar-refractivity contribution in [2.24, 2.45) is 11.8 Å². The lowest BCUT2D eigenvalue weighted by Crippen LogP contribution is -2.38. The summed E-state index contributed by atoms with van der Waals surface area (Å²) in [5.74, 6) is 1.57. The molecule has 1 aliphatic heterocycles. The first-order valence-corrected chi connectivity index (χ1v) is 6.68. The highest BCUT2D eigenvalue weighted by atomic mass is 35.5. The fourth-order valence-corrected chi connectivity index (χ4v) is 3.10. The van der Waals surface area contributed by atoms with Crippen molar-refractivity contribution in [3.8, 4) is 0 Å². The minimum absolute atomic E-state index is 0.735. The summed E-state index contributed by atoms with van der Waals surface area (Å²) in [4.78, 5) is 2.50. The first kappa shape index (κ1) is 12.7. The van der Waals surface area contributed by atoms with Crippen LogP contribution in [0.2, 0.25) is 5.02 Å². The molecule has 1 aliphatic rings. The molecular formula is C14H21ClN2. The Hall–Kier alpha value is -0.730. The molecule has 1 aromatic rings. The number of likely N-dealkylation sites (tertiary alicyclic amines) is 1. The molecule has 0 radical (unpaired) electrons. The third kappa shape index (κ3) is 3.36. The Morgan fingerprint density at radius 1 is 1.29 bits per heavy atom. The summed E-state index contributed by atoms with van der Waals surface area (Å²) in [7, 11) is 0. The molecule has 2 atom stereocenters. The van der Waals surface area contributed by atoms with E-state index in [1.807, 2.05) is 18.2 Å². The van der Waals surface area contributed by atoms with E-state index >= 15 is 0 Å². The summed E-state index contributed by atoms with van der Waals surface area (Å²) in [5, 5.41) is 0.788. The largest absolute Gasteiger partial charge is 0.399 e. The zero-order valence-corrected chi connectivity index (χ0v) is 11.4. The van der Waals surface area contributed by atoms with Crippen molar-refractivity contribution in [2.45, 2.75) is 26.8 Å². The standard InChI is InChI=1S/C14H21ClN2/c1-10-5-11(2)8-17(7-10)9-12-3-4-13(16)6-14(12)15/h3-4,6,10-11H,5,7-9,16H2,1-2H3. The number of halogens is 1. The smallest absolute Gasteiger partial charge is 0.0471 e. The number of benzene rings is 1. The van der Waals surface area contributed by atoms with E-state index in [0.29, 0.717) is 0 Å². The summed E-state index contributed by atoms with van der Waals surface area (Å²) in [6.07, 6.45) is 1.34. The molecule has 1 aromatic carbocycles. The molecule has 0 bridgehead atoms. The summed E-state index contributed by atoms with van der Waals surface area (Å²) < 4.78 is 0.